The van der Waals surface area contributed by atoms with Gasteiger partial charge in [-0.1, -0.05) is 11.8 Å². The van der Waals surface area contributed by atoms with Crippen LogP contribution in [0.15, 0.2) is 29.4 Å². The van der Waals surface area contributed by atoms with E-state index in [1.165, 1.54) is 12.1 Å². The molecule has 0 radical (unpaired) electrons. The standard InChI is InChI=1S/C23H30F3N5O2S/c1-29-21(20-15-32-10-11-33-20)27-28-22(29)34-12-2-8-30-13-16-7-9-31(19(16)14-30)18-5-3-17(4-6-18)23(24,25)26/h3-6,16,19-20H,2,7-15H2,1H3/t16-,19+,20-/m1/s1. The molecule has 3 aliphatic rings. The van der Waals surface area contributed by atoms with Crippen molar-refractivity contribution in [2.45, 2.75) is 36.3 Å². The number of benzene rings is 1. The van der Waals surface area contributed by atoms with Crippen molar-refractivity contribution in [1.82, 2.24) is 19.7 Å². The first kappa shape index (κ1) is 23.9. The SMILES string of the molecule is Cn1c(SCCCN2C[C@H]3CCN(c4ccc(C(F)(F)F)cc4)[C@H]3C2)nnc1[C@H]1COCCO1. The van der Waals surface area contributed by atoms with Gasteiger partial charge in [-0.2, -0.15) is 13.2 Å². The number of nitrogens with zero attached hydrogens (tertiary/aromatic N) is 5. The number of anilines is 1. The molecule has 3 atom stereocenters. The zero-order valence-electron chi connectivity index (χ0n) is 19.2. The minimum Gasteiger partial charge on any atom is -0.376 e. The van der Waals surface area contributed by atoms with Crippen LogP contribution in [0.2, 0.25) is 0 Å². The number of fused-ring (bicyclic) bond motifs is 1. The average molecular weight is 498 g/mol. The van der Waals surface area contributed by atoms with Gasteiger partial charge < -0.3 is 23.8 Å². The van der Waals surface area contributed by atoms with E-state index in [1.807, 2.05) is 11.6 Å². The third kappa shape index (κ3) is 5.07. The molecule has 34 heavy (non-hydrogen) atoms. The quantitative estimate of drug-likeness (QED) is 0.428. The van der Waals surface area contributed by atoms with E-state index in [1.54, 1.807) is 23.9 Å². The highest BCUT2D eigenvalue weighted by Gasteiger charge is 2.41. The Morgan fingerprint density at radius 3 is 2.68 bits per heavy atom. The molecule has 4 heterocycles. The predicted octanol–water partition coefficient (Wildman–Crippen LogP) is 3.61. The van der Waals surface area contributed by atoms with Crippen LogP contribution >= 0.6 is 11.8 Å². The highest BCUT2D eigenvalue weighted by Crippen LogP contribution is 2.37. The molecule has 0 amide bonds. The van der Waals surface area contributed by atoms with Crippen LogP contribution in [0, 0.1) is 5.92 Å². The molecule has 3 aliphatic heterocycles. The monoisotopic (exact) mass is 497 g/mol. The topological polar surface area (TPSA) is 55.7 Å². The van der Waals surface area contributed by atoms with Crippen LogP contribution in [0.1, 0.15) is 30.3 Å². The number of hydrogen-bond acceptors (Lipinski definition) is 7. The van der Waals surface area contributed by atoms with Gasteiger partial charge in [-0.25, -0.2) is 0 Å². The fourth-order valence-electron chi connectivity index (χ4n) is 5.21. The molecule has 7 nitrogen and oxygen atoms in total. The Kier molecular flexibility index (Phi) is 7.06. The van der Waals surface area contributed by atoms with Crippen LogP contribution in [0.4, 0.5) is 18.9 Å². The molecule has 0 unspecified atom stereocenters. The maximum Gasteiger partial charge on any atom is 0.416 e. The van der Waals surface area contributed by atoms with Gasteiger partial charge in [-0.05, 0) is 49.6 Å². The number of aromatic nitrogens is 3. The van der Waals surface area contributed by atoms with E-state index in [9.17, 15) is 13.2 Å². The third-order valence-corrected chi connectivity index (χ3v) is 8.08. The predicted molar refractivity (Wildman–Crippen MR) is 123 cm³/mol. The first-order valence-electron chi connectivity index (χ1n) is 11.8. The fourth-order valence-corrected chi connectivity index (χ4v) is 6.06. The molecule has 1 aromatic carbocycles. The number of ether oxygens (including phenoxy) is 2. The molecule has 186 valence electrons. The number of rotatable bonds is 7. The first-order valence-corrected chi connectivity index (χ1v) is 12.8. The molecule has 5 rings (SSSR count). The van der Waals surface area contributed by atoms with E-state index in [2.05, 4.69) is 20.0 Å². The number of likely N-dealkylation sites (tertiary alicyclic amines) is 1. The van der Waals surface area contributed by atoms with Crippen LogP contribution < -0.4 is 4.90 Å². The fraction of sp³-hybridized carbons (Fsp3) is 0.652. The maximum absolute atomic E-state index is 12.9. The highest BCUT2D eigenvalue weighted by atomic mass is 32.2. The van der Waals surface area contributed by atoms with Crippen LogP contribution in [-0.2, 0) is 22.7 Å². The minimum atomic E-state index is -4.29. The van der Waals surface area contributed by atoms with Gasteiger partial charge in [0.15, 0.2) is 11.0 Å². The molecule has 0 N–H and O–H groups in total. The van der Waals surface area contributed by atoms with Crippen molar-refractivity contribution >= 4 is 17.4 Å². The molecule has 1 aromatic heterocycles. The van der Waals surface area contributed by atoms with E-state index in [-0.39, 0.29) is 6.10 Å². The molecular weight excluding hydrogens is 467 g/mol. The summed E-state index contributed by atoms with van der Waals surface area (Å²) in [5, 5.41) is 9.51. The van der Waals surface area contributed by atoms with E-state index < -0.39 is 11.7 Å². The van der Waals surface area contributed by atoms with Crippen molar-refractivity contribution in [2.75, 3.05) is 56.7 Å². The first-order chi connectivity index (χ1) is 16.4. The van der Waals surface area contributed by atoms with E-state index in [4.69, 9.17) is 9.47 Å². The van der Waals surface area contributed by atoms with Crippen molar-refractivity contribution in [1.29, 1.82) is 0 Å². The summed E-state index contributed by atoms with van der Waals surface area (Å²) < 4.78 is 51.9. The number of halogens is 3. The molecule has 11 heteroatoms. The molecule has 0 aliphatic carbocycles. The Hall–Kier alpha value is -1.82. The molecule has 3 fully saturated rings. The normalized spacial score (nSPS) is 25.8. The summed E-state index contributed by atoms with van der Waals surface area (Å²) in [6.07, 6.45) is -2.32. The largest absolute Gasteiger partial charge is 0.416 e. The van der Waals surface area contributed by atoms with Gasteiger partial charge in [0.25, 0.3) is 0 Å². The lowest BCUT2D eigenvalue weighted by molar-refractivity contribution is -0.137. The zero-order valence-corrected chi connectivity index (χ0v) is 20.0. The Bertz CT molecular complexity index is 965. The molecule has 0 saturated carbocycles. The number of alkyl halides is 3. The summed E-state index contributed by atoms with van der Waals surface area (Å²) in [4.78, 5) is 4.78. The van der Waals surface area contributed by atoms with Gasteiger partial charge in [0.2, 0.25) is 0 Å². The summed E-state index contributed by atoms with van der Waals surface area (Å²) in [6, 6.07) is 5.99. The van der Waals surface area contributed by atoms with E-state index >= 15 is 0 Å². The lowest BCUT2D eigenvalue weighted by Crippen LogP contribution is -2.35. The Labute approximate surface area is 201 Å². The minimum absolute atomic E-state index is 0.155. The smallest absolute Gasteiger partial charge is 0.376 e. The molecule has 3 saturated heterocycles. The number of thioether (sulfide) groups is 1. The zero-order chi connectivity index (χ0) is 23.7. The summed E-state index contributed by atoms with van der Waals surface area (Å²) in [6.45, 7) is 5.64. The maximum atomic E-state index is 12.9. The highest BCUT2D eigenvalue weighted by molar-refractivity contribution is 7.99. The van der Waals surface area contributed by atoms with Gasteiger partial charge in [0.05, 0.1) is 25.4 Å². The van der Waals surface area contributed by atoms with Gasteiger partial charge in [0, 0.05) is 44.2 Å². The van der Waals surface area contributed by atoms with Crippen molar-refractivity contribution in [2.24, 2.45) is 13.0 Å². The van der Waals surface area contributed by atoms with E-state index in [0.29, 0.717) is 31.8 Å². The second-order valence-electron chi connectivity index (χ2n) is 9.15. The third-order valence-electron chi connectivity index (χ3n) is 6.97. The van der Waals surface area contributed by atoms with Crippen molar-refractivity contribution in [3.63, 3.8) is 0 Å². The van der Waals surface area contributed by atoms with Gasteiger partial charge >= 0.3 is 6.18 Å². The van der Waals surface area contributed by atoms with Crippen LogP contribution in [0.3, 0.4) is 0 Å². The van der Waals surface area contributed by atoms with Gasteiger partial charge in [-0.3, -0.25) is 0 Å². The van der Waals surface area contributed by atoms with Crippen molar-refractivity contribution < 1.29 is 22.6 Å². The Morgan fingerprint density at radius 2 is 1.94 bits per heavy atom. The van der Waals surface area contributed by atoms with Crippen LogP contribution in [-0.4, -0.2) is 77.5 Å². The summed E-state index contributed by atoms with van der Waals surface area (Å²) in [5.74, 6) is 2.33. The molecule has 0 spiro atoms. The van der Waals surface area contributed by atoms with Crippen LogP contribution in [0.25, 0.3) is 0 Å². The van der Waals surface area contributed by atoms with Crippen molar-refractivity contribution in [3.05, 3.63) is 35.7 Å². The summed E-state index contributed by atoms with van der Waals surface area (Å²) in [7, 11) is 1.97. The van der Waals surface area contributed by atoms with Crippen molar-refractivity contribution in [3.8, 4) is 0 Å². The van der Waals surface area contributed by atoms with Gasteiger partial charge in [-0.15, -0.1) is 10.2 Å². The lowest BCUT2D eigenvalue weighted by atomic mass is 10.0. The van der Waals surface area contributed by atoms with Gasteiger partial charge in [0.1, 0.15) is 6.10 Å². The lowest BCUT2D eigenvalue weighted by Gasteiger charge is -2.27. The second kappa shape index (κ2) is 10.0. The summed E-state index contributed by atoms with van der Waals surface area (Å²) >= 11 is 1.70. The summed E-state index contributed by atoms with van der Waals surface area (Å²) in [5.41, 5.74) is 0.301. The molecular formula is C23H30F3N5O2S. The number of hydrogen-bond donors (Lipinski definition) is 0. The average Bonchev–Trinajstić information content (AvgIpc) is 3.51. The Morgan fingerprint density at radius 1 is 1.12 bits per heavy atom. The molecule has 2 aromatic rings. The molecule has 0 bridgehead atoms. The second-order valence-corrected chi connectivity index (χ2v) is 10.2. The van der Waals surface area contributed by atoms with E-state index in [0.717, 1.165) is 61.4 Å². The van der Waals surface area contributed by atoms with Crippen LogP contribution in [0.5, 0.6) is 0 Å². The Balaban J connectivity index is 1.09.